The van der Waals surface area contributed by atoms with Gasteiger partial charge in [-0.15, -0.1) is 0 Å². The molecule has 21 heavy (non-hydrogen) atoms. The molecule has 0 fully saturated rings. The molecule has 0 heterocycles. The molecule has 2 unspecified atom stereocenters. The second-order valence-electron chi connectivity index (χ2n) is 6.02. The van der Waals surface area contributed by atoms with E-state index < -0.39 is 6.10 Å². The molecule has 0 bridgehead atoms. The lowest BCUT2D eigenvalue weighted by Crippen LogP contribution is -2.32. The molecule has 0 aliphatic heterocycles. The minimum absolute atomic E-state index is 0.257. The fourth-order valence-electron chi connectivity index (χ4n) is 2.48. The highest BCUT2D eigenvalue weighted by atomic mass is 16.5. The molecule has 4 heteroatoms. The maximum absolute atomic E-state index is 10.5. The number of nitrogens with two attached hydrogens (primary N) is 1. The molecule has 1 aromatic carbocycles. The van der Waals surface area contributed by atoms with Gasteiger partial charge in [0.15, 0.2) is 0 Å². The molecule has 1 aromatic rings. The number of nitrogens with zero attached hydrogens (tertiary/aromatic N) is 1. The molecule has 0 radical (unpaired) electrons. The highest BCUT2D eigenvalue weighted by Gasteiger charge is 2.21. The van der Waals surface area contributed by atoms with Gasteiger partial charge in [0.25, 0.3) is 0 Å². The summed E-state index contributed by atoms with van der Waals surface area (Å²) in [5.41, 5.74) is 9.15. The topological polar surface area (TPSA) is 58.7 Å². The first-order valence-corrected chi connectivity index (χ1v) is 7.69. The molecule has 0 amide bonds. The van der Waals surface area contributed by atoms with Crippen molar-refractivity contribution in [1.29, 1.82) is 0 Å². The molecule has 0 saturated heterocycles. The quantitative estimate of drug-likeness (QED) is 0.773. The van der Waals surface area contributed by atoms with E-state index in [0.717, 1.165) is 41.8 Å². The van der Waals surface area contributed by atoms with Gasteiger partial charge in [-0.2, -0.15) is 0 Å². The second kappa shape index (κ2) is 8.37. The van der Waals surface area contributed by atoms with Crippen LogP contribution in [0.1, 0.15) is 42.6 Å². The standard InChI is InChI=1S/C17H30N2O2/c1-6-9-21-14-10-12(2)16(13(3)11-14)17(20)15(18)7-8-19(4)5/h10-11,15,17,20H,6-9,18H2,1-5H3. The number of aliphatic hydroxyl groups excluding tert-OH is 1. The van der Waals surface area contributed by atoms with Gasteiger partial charge < -0.3 is 20.5 Å². The van der Waals surface area contributed by atoms with E-state index in [9.17, 15) is 5.11 Å². The van der Waals surface area contributed by atoms with Crippen molar-refractivity contribution in [3.05, 3.63) is 28.8 Å². The zero-order valence-corrected chi connectivity index (χ0v) is 14.0. The van der Waals surface area contributed by atoms with Crippen molar-refractivity contribution in [2.24, 2.45) is 5.73 Å². The third-order valence-corrected chi connectivity index (χ3v) is 3.65. The van der Waals surface area contributed by atoms with Gasteiger partial charge in [0.1, 0.15) is 5.75 Å². The Balaban J connectivity index is 2.86. The van der Waals surface area contributed by atoms with Crippen LogP contribution < -0.4 is 10.5 Å². The van der Waals surface area contributed by atoms with E-state index in [1.165, 1.54) is 0 Å². The fraction of sp³-hybridized carbons (Fsp3) is 0.647. The first-order valence-electron chi connectivity index (χ1n) is 7.69. The molecular formula is C17H30N2O2. The van der Waals surface area contributed by atoms with E-state index in [0.29, 0.717) is 6.61 Å². The van der Waals surface area contributed by atoms with Crippen LogP contribution in [0.15, 0.2) is 12.1 Å². The minimum atomic E-state index is -0.634. The first kappa shape index (κ1) is 18.0. The number of rotatable bonds is 8. The lowest BCUT2D eigenvalue weighted by molar-refractivity contribution is 0.136. The Morgan fingerprint density at radius 1 is 1.24 bits per heavy atom. The van der Waals surface area contributed by atoms with E-state index >= 15 is 0 Å². The summed E-state index contributed by atoms with van der Waals surface area (Å²) < 4.78 is 5.67. The highest BCUT2D eigenvalue weighted by molar-refractivity contribution is 5.42. The Morgan fingerprint density at radius 3 is 2.29 bits per heavy atom. The Kier molecular flexibility index (Phi) is 7.15. The van der Waals surface area contributed by atoms with Crippen molar-refractivity contribution in [2.45, 2.75) is 45.8 Å². The average molecular weight is 294 g/mol. The van der Waals surface area contributed by atoms with Crippen LogP contribution in [0, 0.1) is 13.8 Å². The largest absolute Gasteiger partial charge is 0.494 e. The summed E-state index contributed by atoms with van der Waals surface area (Å²) >= 11 is 0. The van der Waals surface area contributed by atoms with E-state index in [4.69, 9.17) is 10.5 Å². The molecule has 0 aliphatic rings. The maximum atomic E-state index is 10.5. The van der Waals surface area contributed by atoms with Crippen LogP contribution >= 0.6 is 0 Å². The summed E-state index contributed by atoms with van der Waals surface area (Å²) in [6.45, 7) is 7.67. The van der Waals surface area contributed by atoms with E-state index in [1.807, 2.05) is 40.1 Å². The number of ether oxygens (including phenoxy) is 1. The summed E-state index contributed by atoms with van der Waals surface area (Å²) in [7, 11) is 4.02. The lowest BCUT2D eigenvalue weighted by Gasteiger charge is -2.24. The van der Waals surface area contributed by atoms with Crippen LogP contribution in [0.2, 0.25) is 0 Å². The number of hydrogen-bond donors (Lipinski definition) is 2. The van der Waals surface area contributed by atoms with Crippen LogP contribution in [0.5, 0.6) is 5.75 Å². The maximum Gasteiger partial charge on any atom is 0.119 e. The average Bonchev–Trinajstić information content (AvgIpc) is 2.41. The monoisotopic (exact) mass is 294 g/mol. The third-order valence-electron chi connectivity index (χ3n) is 3.65. The Morgan fingerprint density at radius 2 is 1.81 bits per heavy atom. The van der Waals surface area contributed by atoms with Gasteiger partial charge in [-0.3, -0.25) is 0 Å². The van der Waals surface area contributed by atoms with Crippen LogP contribution in [-0.4, -0.2) is 43.3 Å². The zero-order chi connectivity index (χ0) is 16.0. The molecule has 0 spiro atoms. The predicted molar refractivity (Wildman–Crippen MR) is 87.8 cm³/mol. The summed E-state index contributed by atoms with van der Waals surface area (Å²) in [5, 5.41) is 10.5. The van der Waals surface area contributed by atoms with Gasteiger partial charge in [0, 0.05) is 6.04 Å². The first-order chi connectivity index (χ1) is 9.86. The minimum Gasteiger partial charge on any atom is -0.494 e. The Hall–Kier alpha value is -1.10. The second-order valence-corrected chi connectivity index (χ2v) is 6.02. The number of aryl methyl sites for hydroxylation is 2. The van der Waals surface area contributed by atoms with E-state index in [1.54, 1.807) is 0 Å². The highest BCUT2D eigenvalue weighted by Crippen LogP contribution is 2.29. The molecule has 3 N–H and O–H groups in total. The lowest BCUT2D eigenvalue weighted by atomic mass is 9.92. The molecular weight excluding hydrogens is 264 g/mol. The smallest absolute Gasteiger partial charge is 0.119 e. The van der Waals surface area contributed by atoms with Crippen molar-refractivity contribution in [3.8, 4) is 5.75 Å². The van der Waals surface area contributed by atoms with Gasteiger partial charge >= 0.3 is 0 Å². The summed E-state index contributed by atoms with van der Waals surface area (Å²) in [4.78, 5) is 2.08. The van der Waals surface area contributed by atoms with Crippen LogP contribution in [0.4, 0.5) is 0 Å². The van der Waals surface area contributed by atoms with Crippen LogP contribution in [-0.2, 0) is 0 Å². The van der Waals surface area contributed by atoms with Gasteiger partial charge in [0.05, 0.1) is 12.7 Å². The third kappa shape index (κ3) is 5.30. The summed E-state index contributed by atoms with van der Waals surface area (Å²) in [6, 6.07) is 3.71. The number of aliphatic hydroxyl groups is 1. The zero-order valence-electron chi connectivity index (χ0n) is 14.0. The van der Waals surface area contributed by atoms with Gasteiger partial charge in [-0.25, -0.2) is 0 Å². The molecule has 4 nitrogen and oxygen atoms in total. The van der Waals surface area contributed by atoms with Gasteiger partial charge in [-0.05, 0) is 76.2 Å². The van der Waals surface area contributed by atoms with Crippen molar-refractivity contribution in [1.82, 2.24) is 4.90 Å². The number of hydrogen-bond acceptors (Lipinski definition) is 4. The molecule has 0 saturated carbocycles. The van der Waals surface area contributed by atoms with Gasteiger partial charge in [-0.1, -0.05) is 6.92 Å². The van der Waals surface area contributed by atoms with Crippen molar-refractivity contribution >= 4 is 0 Å². The molecule has 0 aliphatic carbocycles. The predicted octanol–water partition coefficient (Wildman–Crippen LogP) is 2.40. The van der Waals surface area contributed by atoms with Crippen molar-refractivity contribution in [2.75, 3.05) is 27.2 Å². The normalized spacial score (nSPS) is 14.3. The van der Waals surface area contributed by atoms with Crippen LogP contribution in [0.3, 0.4) is 0 Å². The molecule has 2 atom stereocenters. The van der Waals surface area contributed by atoms with Crippen LogP contribution in [0.25, 0.3) is 0 Å². The summed E-state index contributed by atoms with van der Waals surface area (Å²) in [6.07, 6.45) is 1.11. The molecule has 1 rings (SSSR count). The Bertz CT molecular complexity index is 423. The number of benzene rings is 1. The fourth-order valence-corrected chi connectivity index (χ4v) is 2.48. The van der Waals surface area contributed by atoms with Gasteiger partial charge in [0.2, 0.25) is 0 Å². The van der Waals surface area contributed by atoms with Crippen molar-refractivity contribution in [3.63, 3.8) is 0 Å². The summed E-state index contributed by atoms with van der Waals surface area (Å²) in [5.74, 6) is 0.865. The van der Waals surface area contributed by atoms with E-state index in [-0.39, 0.29) is 6.04 Å². The molecule has 120 valence electrons. The van der Waals surface area contributed by atoms with Crippen molar-refractivity contribution < 1.29 is 9.84 Å². The van der Waals surface area contributed by atoms with E-state index in [2.05, 4.69) is 11.8 Å². The molecule has 0 aromatic heterocycles. The Labute approximate surface area is 128 Å². The SMILES string of the molecule is CCCOc1cc(C)c(C(O)C(N)CCN(C)C)c(C)c1.